The quantitative estimate of drug-likeness (QED) is 0.844. The second kappa shape index (κ2) is 6.62. The largest absolute Gasteiger partial charge is 0.508 e. The van der Waals surface area contributed by atoms with Gasteiger partial charge in [-0.1, -0.05) is 42.5 Å². The van der Waals surface area contributed by atoms with Crippen molar-refractivity contribution in [1.82, 2.24) is 10.2 Å². The maximum Gasteiger partial charge on any atom is 0.242 e. The van der Waals surface area contributed by atoms with Gasteiger partial charge in [0.1, 0.15) is 11.8 Å². The Balaban J connectivity index is 1.84. The van der Waals surface area contributed by atoms with Gasteiger partial charge >= 0.3 is 0 Å². The smallest absolute Gasteiger partial charge is 0.242 e. The summed E-state index contributed by atoms with van der Waals surface area (Å²) in [6.45, 7) is 1.26. The lowest BCUT2D eigenvalue weighted by Crippen LogP contribution is -2.51. The summed E-state index contributed by atoms with van der Waals surface area (Å²) < 4.78 is 0. The van der Waals surface area contributed by atoms with Crippen LogP contribution in [-0.2, 0) is 4.79 Å². The van der Waals surface area contributed by atoms with Crippen molar-refractivity contribution in [3.63, 3.8) is 0 Å². The zero-order valence-electron chi connectivity index (χ0n) is 12.6. The second-order valence-corrected chi connectivity index (χ2v) is 5.55. The first-order valence-corrected chi connectivity index (χ1v) is 7.54. The predicted octanol–water partition coefficient (Wildman–Crippen LogP) is 1.75. The molecule has 1 unspecified atom stereocenters. The van der Waals surface area contributed by atoms with Crippen molar-refractivity contribution in [2.45, 2.75) is 6.04 Å². The number of ketones is 1. The lowest BCUT2D eigenvalue weighted by Gasteiger charge is -2.34. The van der Waals surface area contributed by atoms with Gasteiger partial charge in [0.2, 0.25) is 5.91 Å². The molecule has 1 saturated heterocycles. The van der Waals surface area contributed by atoms with E-state index < -0.39 is 6.04 Å². The molecule has 5 heteroatoms. The normalized spacial score (nSPS) is 18.4. The van der Waals surface area contributed by atoms with Gasteiger partial charge in [-0.2, -0.15) is 0 Å². The van der Waals surface area contributed by atoms with Crippen molar-refractivity contribution in [1.29, 1.82) is 0 Å². The number of amides is 1. The Labute approximate surface area is 134 Å². The van der Waals surface area contributed by atoms with E-state index in [1.54, 1.807) is 36.4 Å². The highest BCUT2D eigenvalue weighted by Crippen LogP contribution is 2.26. The number of aromatic hydroxyl groups is 1. The van der Waals surface area contributed by atoms with Crippen LogP contribution in [0.15, 0.2) is 54.6 Å². The first kappa shape index (κ1) is 15.2. The summed E-state index contributed by atoms with van der Waals surface area (Å²) >= 11 is 0. The highest BCUT2D eigenvalue weighted by atomic mass is 16.3. The van der Waals surface area contributed by atoms with Gasteiger partial charge in [-0.15, -0.1) is 0 Å². The molecule has 2 aromatic carbocycles. The highest BCUT2D eigenvalue weighted by Gasteiger charge is 2.32. The third-order valence-corrected chi connectivity index (χ3v) is 3.94. The van der Waals surface area contributed by atoms with Crippen molar-refractivity contribution in [2.24, 2.45) is 0 Å². The Kier molecular flexibility index (Phi) is 4.39. The number of nitrogens with zero attached hydrogens (tertiary/aromatic N) is 1. The van der Waals surface area contributed by atoms with Crippen LogP contribution in [0, 0.1) is 0 Å². The fraction of sp³-hybridized carbons (Fsp3) is 0.222. The molecule has 0 radical (unpaired) electrons. The minimum absolute atomic E-state index is 0.0227. The number of carbonyl (C=O) groups excluding carboxylic acids is 2. The molecule has 0 aromatic heterocycles. The van der Waals surface area contributed by atoms with Crippen LogP contribution in [-0.4, -0.2) is 41.3 Å². The average Bonchev–Trinajstić information content (AvgIpc) is 2.56. The lowest BCUT2D eigenvalue weighted by molar-refractivity contribution is -0.128. The molecule has 0 aliphatic carbocycles. The van der Waals surface area contributed by atoms with Crippen LogP contribution >= 0.6 is 0 Å². The minimum Gasteiger partial charge on any atom is -0.508 e. The molecule has 5 nitrogen and oxygen atoms in total. The van der Waals surface area contributed by atoms with Crippen LogP contribution in [0.5, 0.6) is 5.75 Å². The molecule has 2 aromatic rings. The SMILES string of the molecule is O=C(CN1CCNC(=O)C1c1cccc(O)c1)c1ccccc1. The van der Waals surface area contributed by atoms with Gasteiger partial charge in [-0.05, 0) is 17.7 Å². The van der Waals surface area contributed by atoms with Gasteiger partial charge in [0.15, 0.2) is 5.78 Å². The van der Waals surface area contributed by atoms with Gasteiger partial charge in [0, 0.05) is 18.7 Å². The van der Waals surface area contributed by atoms with Crippen LogP contribution in [0.3, 0.4) is 0 Å². The molecule has 0 spiro atoms. The number of rotatable bonds is 4. The number of phenols is 1. The standard InChI is InChI=1S/C18H18N2O3/c21-15-8-4-7-14(11-15)17-18(23)19-9-10-20(17)12-16(22)13-5-2-1-3-6-13/h1-8,11,17,21H,9-10,12H2,(H,19,23). The minimum atomic E-state index is -0.566. The van der Waals surface area contributed by atoms with Gasteiger partial charge in [0.05, 0.1) is 6.54 Å². The Morgan fingerprint density at radius 1 is 1.17 bits per heavy atom. The first-order valence-electron chi connectivity index (χ1n) is 7.54. The molecule has 1 atom stereocenters. The highest BCUT2D eigenvalue weighted by molar-refractivity contribution is 5.98. The van der Waals surface area contributed by atoms with Crippen LogP contribution in [0.1, 0.15) is 22.0 Å². The Morgan fingerprint density at radius 2 is 1.96 bits per heavy atom. The molecule has 1 aliphatic rings. The fourth-order valence-electron chi connectivity index (χ4n) is 2.84. The van der Waals surface area contributed by atoms with Crippen molar-refractivity contribution in [3.8, 4) is 5.75 Å². The topological polar surface area (TPSA) is 69.6 Å². The van der Waals surface area contributed by atoms with E-state index in [1.807, 2.05) is 23.1 Å². The number of phenolic OH excluding ortho intramolecular Hbond substituents is 1. The van der Waals surface area contributed by atoms with E-state index >= 15 is 0 Å². The van der Waals surface area contributed by atoms with Crippen molar-refractivity contribution in [3.05, 3.63) is 65.7 Å². The van der Waals surface area contributed by atoms with E-state index in [2.05, 4.69) is 5.32 Å². The summed E-state index contributed by atoms with van der Waals surface area (Å²) in [4.78, 5) is 26.6. The Hall–Kier alpha value is -2.66. The van der Waals surface area contributed by atoms with Gasteiger partial charge < -0.3 is 10.4 Å². The number of piperazine rings is 1. The Morgan fingerprint density at radius 3 is 2.70 bits per heavy atom. The summed E-state index contributed by atoms with van der Waals surface area (Å²) in [5.74, 6) is -0.0663. The number of benzene rings is 2. The molecule has 0 bridgehead atoms. The second-order valence-electron chi connectivity index (χ2n) is 5.55. The average molecular weight is 310 g/mol. The molecule has 3 rings (SSSR count). The van der Waals surface area contributed by atoms with Crippen molar-refractivity contribution >= 4 is 11.7 Å². The molecule has 1 fully saturated rings. The maximum atomic E-state index is 12.4. The number of hydrogen-bond donors (Lipinski definition) is 2. The van der Waals surface area contributed by atoms with Crippen LogP contribution in [0.25, 0.3) is 0 Å². The molecule has 1 amide bonds. The van der Waals surface area contributed by atoms with E-state index in [0.717, 1.165) is 0 Å². The lowest BCUT2D eigenvalue weighted by atomic mass is 10.0. The zero-order chi connectivity index (χ0) is 16.2. The summed E-state index contributed by atoms with van der Waals surface area (Å²) in [6, 6.07) is 15.1. The monoisotopic (exact) mass is 310 g/mol. The summed E-state index contributed by atoms with van der Waals surface area (Å²) in [6.07, 6.45) is 0. The van der Waals surface area contributed by atoms with Crippen LogP contribution in [0.4, 0.5) is 0 Å². The number of hydrogen-bond acceptors (Lipinski definition) is 4. The van der Waals surface area contributed by atoms with E-state index in [0.29, 0.717) is 24.2 Å². The van der Waals surface area contributed by atoms with E-state index in [1.165, 1.54) is 0 Å². The number of nitrogens with one attached hydrogen (secondary N) is 1. The van der Waals surface area contributed by atoms with Crippen LogP contribution in [0.2, 0.25) is 0 Å². The van der Waals surface area contributed by atoms with Gasteiger partial charge in [-0.3, -0.25) is 14.5 Å². The third kappa shape index (κ3) is 3.40. The molecule has 118 valence electrons. The van der Waals surface area contributed by atoms with Crippen LogP contribution < -0.4 is 5.32 Å². The Bertz CT molecular complexity index is 715. The first-order chi connectivity index (χ1) is 11.1. The summed E-state index contributed by atoms with van der Waals surface area (Å²) in [5.41, 5.74) is 1.32. The van der Waals surface area contributed by atoms with E-state index in [-0.39, 0.29) is 24.0 Å². The molecule has 2 N–H and O–H groups in total. The number of Topliss-reactive ketones (excluding diaryl/α,β-unsaturated/α-hetero) is 1. The zero-order valence-corrected chi connectivity index (χ0v) is 12.6. The van der Waals surface area contributed by atoms with Gasteiger partial charge in [-0.25, -0.2) is 0 Å². The predicted molar refractivity (Wildman–Crippen MR) is 86.2 cm³/mol. The van der Waals surface area contributed by atoms with Crippen molar-refractivity contribution < 1.29 is 14.7 Å². The maximum absolute atomic E-state index is 12.4. The van der Waals surface area contributed by atoms with E-state index in [4.69, 9.17) is 0 Å². The fourth-order valence-corrected chi connectivity index (χ4v) is 2.84. The summed E-state index contributed by atoms with van der Waals surface area (Å²) in [7, 11) is 0. The van der Waals surface area contributed by atoms with Crippen molar-refractivity contribution in [2.75, 3.05) is 19.6 Å². The molecular weight excluding hydrogens is 292 g/mol. The molecule has 0 saturated carbocycles. The molecule has 1 aliphatic heterocycles. The van der Waals surface area contributed by atoms with E-state index in [9.17, 15) is 14.7 Å². The number of carbonyl (C=O) groups is 2. The van der Waals surface area contributed by atoms with Gasteiger partial charge in [0.25, 0.3) is 0 Å². The molecular formula is C18H18N2O3. The molecule has 1 heterocycles. The summed E-state index contributed by atoms with van der Waals surface area (Å²) in [5, 5.41) is 12.5. The molecule has 23 heavy (non-hydrogen) atoms. The third-order valence-electron chi connectivity index (χ3n) is 3.94.